The molecule has 0 unspecified atom stereocenters. The fraction of sp³-hybridized carbons (Fsp3) is 0.214. The van der Waals surface area contributed by atoms with E-state index in [4.69, 9.17) is 21.8 Å². The number of hydrogen-bond donors (Lipinski definition) is 1. The fourth-order valence-electron chi connectivity index (χ4n) is 2.14. The molecule has 0 radical (unpaired) electrons. The molecule has 20 heavy (non-hydrogen) atoms. The average molecular weight is 287 g/mol. The molecule has 5 nitrogen and oxygen atoms in total. The van der Waals surface area contributed by atoms with Crippen LogP contribution < -0.4 is 5.73 Å². The van der Waals surface area contributed by atoms with E-state index in [1.54, 1.807) is 12.3 Å². The normalized spacial score (nSPS) is 14.8. The van der Waals surface area contributed by atoms with Crippen molar-refractivity contribution >= 4 is 28.5 Å². The minimum absolute atomic E-state index is 0.377. The first-order valence-corrected chi connectivity index (χ1v) is 6.76. The minimum Gasteiger partial charge on any atom is -0.440 e. The van der Waals surface area contributed by atoms with Crippen LogP contribution in [-0.2, 0) is 0 Å². The van der Waals surface area contributed by atoms with E-state index in [9.17, 15) is 0 Å². The summed E-state index contributed by atoms with van der Waals surface area (Å²) in [5, 5.41) is 0.576. The molecular formula is C14H11ClN4O. The zero-order chi connectivity index (χ0) is 13.7. The molecule has 0 atom stereocenters. The Hall–Kier alpha value is -2.14. The van der Waals surface area contributed by atoms with Gasteiger partial charge in [0.1, 0.15) is 11.3 Å². The predicted molar refractivity (Wildman–Crippen MR) is 76.4 cm³/mol. The van der Waals surface area contributed by atoms with Gasteiger partial charge in [-0.3, -0.25) is 4.98 Å². The Bertz CT molecular complexity index is 793. The van der Waals surface area contributed by atoms with E-state index in [1.807, 2.05) is 6.07 Å². The summed E-state index contributed by atoms with van der Waals surface area (Å²) in [7, 11) is 0. The van der Waals surface area contributed by atoms with Crippen LogP contribution in [0.15, 0.2) is 28.9 Å². The maximum atomic E-state index is 6.30. The first-order chi connectivity index (χ1) is 9.70. The van der Waals surface area contributed by atoms with Crippen molar-refractivity contribution in [3.63, 3.8) is 0 Å². The average Bonchev–Trinajstić information content (AvgIpc) is 3.20. The van der Waals surface area contributed by atoms with Crippen molar-refractivity contribution in [2.75, 3.05) is 5.73 Å². The summed E-state index contributed by atoms with van der Waals surface area (Å²) in [6, 6.07) is 3.66. The van der Waals surface area contributed by atoms with Crippen LogP contribution in [0.1, 0.15) is 24.7 Å². The highest BCUT2D eigenvalue weighted by Gasteiger charge is 2.29. The van der Waals surface area contributed by atoms with Crippen molar-refractivity contribution in [1.82, 2.24) is 15.0 Å². The van der Waals surface area contributed by atoms with Gasteiger partial charge >= 0.3 is 0 Å². The standard InChI is InChI=1S/C14H11ClN4O/c15-9-4-10-12(20-14(19-10)7-1-2-7)3-8(9)11-5-18-13(16)6-17-11/h3-7H,1-2H2,(H2,16,18). The monoisotopic (exact) mass is 286 g/mol. The van der Waals surface area contributed by atoms with E-state index in [0.29, 0.717) is 22.5 Å². The first-order valence-electron chi connectivity index (χ1n) is 6.38. The summed E-state index contributed by atoms with van der Waals surface area (Å²) in [5.41, 5.74) is 8.48. The third kappa shape index (κ3) is 1.91. The van der Waals surface area contributed by atoms with Crippen molar-refractivity contribution in [2.45, 2.75) is 18.8 Å². The lowest BCUT2D eigenvalue weighted by molar-refractivity contribution is 0.533. The molecule has 2 aromatic heterocycles. The predicted octanol–water partition coefficient (Wildman–Crippen LogP) is 3.40. The molecule has 1 aliphatic rings. The van der Waals surface area contributed by atoms with Crippen molar-refractivity contribution in [1.29, 1.82) is 0 Å². The second-order valence-electron chi connectivity index (χ2n) is 4.95. The molecule has 1 aliphatic carbocycles. The summed E-state index contributed by atoms with van der Waals surface area (Å²) < 4.78 is 5.79. The first kappa shape index (κ1) is 11.7. The van der Waals surface area contributed by atoms with Gasteiger partial charge in [0.2, 0.25) is 0 Å². The number of anilines is 1. The molecule has 3 aromatic rings. The van der Waals surface area contributed by atoms with E-state index in [1.165, 1.54) is 6.20 Å². The summed E-state index contributed by atoms with van der Waals surface area (Å²) in [5.74, 6) is 1.65. The second-order valence-corrected chi connectivity index (χ2v) is 5.36. The maximum Gasteiger partial charge on any atom is 0.198 e. The van der Waals surface area contributed by atoms with E-state index >= 15 is 0 Å². The van der Waals surface area contributed by atoms with Gasteiger partial charge in [0.25, 0.3) is 0 Å². The quantitative estimate of drug-likeness (QED) is 0.781. The largest absolute Gasteiger partial charge is 0.440 e. The van der Waals surface area contributed by atoms with Crippen molar-refractivity contribution in [3.05, 3.63) is 35.4 Å². The highest BCUT2D eigenvalue weighted by molar-refractivity contribution is 6.34. The van der Waals surface area contributed by atoms with Gasteiger partial charge in [-0.15, -0.1) is 0 Å². The number of halogens is 1. The molecule has 0 bridgehead atoms. The highest BCUT2D eigenvalue weighted by Crippen LogP contribution is 2.41. The molecule has 1 saturated carbocycles. The Morgan fingerprint density at radius 1 is 1.20 bits per heavy atom. The number of fused-ring (bicyclic) bond motifs is 1. The lowest BCUT2D eigenvalue weighted by atomic mass is 10.1. The van der Waals surface area contributed by atoms with Crippen molar-refractivity contribution in [2.24, 2.45) is 0 Å². The minimum atomic E-state index is 0.377. The van der Waals surface area contributed by atoms with Crippen LogP contribution in [-0.4, -0.2) is 15.0 Å². The topological polar surface area (TPSA) is 77.8 Å². The summed E-state index contributed by atoms with van der Waals surface area (Å²) in [6.07, 6.45) is 5.40. The molecule has 1 aromatic carbocycles. The molecule has 0 spiro atoms. The number of benzene rings is 1. The number of nitrogens with zero attached hydrogens (tertiary/aromatic N) is 3. The molecule has 2 N–H and O–H groups in total. The molecule has 0 saturated heterocycles. The Labute approximate surface area is 119 Å². The molecular weight excluding hydrogens is 276 g/mol. The summed E-state index contributed by atoms with van der Waals surface area (Å²) in [6.45, 7) is 0. The third-order valence-electron chi connectivity index (χ3n) is 3.37. The van der Waals surface area contributed by atoms with Crippen LogP contribution in [0.3, 0.4) is 0 Å². The number of hydrogen-bond acceptors (Lipinski definition) is 5. The van der Waals surface area contributed by atoms with E-state index in [0.717, 1.165) is 35.4 Å². The smallest absolute Gasteiger partial charge is 0.198 e. The van der Waals surface area contributed by atoms with Gasteiger partial charge in [-0.2, -0.15) is 0 Å². The number of aromatic nitrogens is 3. The highest BCUT2D eigenvalue weighted by atomic mass is 35.5. The Balaban J connectivity index is 1.86. The van der Waals surface area contributed by atoms with Gasteiger partial charge < -0.3 is 10.2 Å². The number of oxazole rings is 1. The molecule has 100 valence electrons. The molecule has 0 aliphatic heterocycles. The van der Waals surface area contributed by atoms with Crippen LogP contribution in [0.5, 0.6) is 0 Å². The Kier molecular flexibility index (Phi) is 2.44. The van der Waals surface area contributed by atoms with Gasteiger partial charge in [0, 0.05) is 11.5 Å². The van der Waals surface area contributed by atoms with Gasteiger partial charge in [0.05, 0.1) is 23.1 Å². The number of nitrogens with two attached hydrogens (primary N) is 1. The Morgan fingerprint density at radius 3 is 2.75 bits per heavy atom. The zero-order valence-corrected chi connectivity index (χ0v) is 11.3. The molecule has 2 heterocycles. The van der Waals surface area contributed by atoms with Gasteiger partial charge in [-0.1, -0.05) is 11.6 Å². The van der Waals surface area contributed by atoms with Crippen LogP contribution in [0.25, 0.3) is 22.4 Å². The van der Waals surface area contributed by atoms with Crippen LogP contribution in [0, 0.1) is 0 Å². The lowest BCUT2D eigenvalue weighted by Gasteiger charge is -2.03. The summed E-state index contributed by atoms with van der Waals surface area (Å²) in [4.78, 5) is 12.7. The number of rotatable bonds is 2. The zero-order valence-electron chi connectivity index (χ0n) is 10.5. The molecule has 0 amide bonds. The van der Waals surface area contributed by atoms with E-state index in [-0.39, 0.29) is 0 Å². The summed E-state index contributed by atoms with van der Waals surface area (Å²) >= 11 is 6.30. The fourth-order valence-corrected chi connectivity index (χ4v) is 2.40. The maximum absolute atomic E-state index is 6.30. The Morgan fingerprint density at radius 2 is 2.05 bits per heavy atom. The van der Waals surface area contributed by atoms with Crippen LogP contribution in [0.2, 0.25) is 5.02 Å². The molecule has 1 fully saturated rings. The van der Waals surface area contributed by atoms with Crippen LogP contribution >= 0.6 is 11.6 Å². The molecule has 4 rings (SSSR count). The van der Waals surface area contributed by atoms with Gasteiger partial charge in [-0.25, -0.2) is 9.97 Å². The lowest BCUT2D eigenvalue weighted by Crippen LogP contribution is -1.92. The van der Waals surface area contributed by atoms with Crippen molar-refractivity contribution < 1.29 is 4.42 Å². The van der Waals surface area contributed by atoms with E-state index < -0.39 is 0 Å². The second kappa shape index (κ2) is 4.18. The SMILES string of the molecule is Nc1cnc(-c2cc3oc(C4CC4)nc3cc2Cl)cn1. The van der Waals surface area contributed by atoms with Gasteiger partial charge in [0.15, 0.2) is 11.5 Å². The molecule has 6 heteroatoms. The van der Waals surface area contributed by atoms with Crippen molar-refractivity contribution in [3.8, 4) is 11.3 Å². The van der Waals surface area contributed by atoms with E-state index in [2.05, 4.69) is 15.0 Å². The third-order valence-corrected chi connectivity index (χ3v) is 3.68. The number of nitrogen functional groups attached to an aromatic ring is 1. The van der Waals surface area contributed by atoms with Crippen LogP contribution in [0.4, 0.5) is 5.82 Å². The van der Waals surface area contributed by atoms with Gasteiger partial charge in [-0.05, 0) is 25.0 Å².